The highest BCUT2D eigenvalue weighted by molar-refractivity contribution is 7.89. The zero-order valence-electron chi connectivity index (χ0n) is 17.8. The summed E-state index contributed by atoms with van der Waals surface area (Å²) in [6.45, 7) is 4.03. The number of nitrogens with zero attached hydrogens (tertiary/aromatic N) is 2. The van der Waals surface area contributed by atoms with Gasteiger partial charge in [0.2, 0.25) is 10.0 Å². The van der Waals surface area contributed by atoms with Crippen LogP contribution in [0.4, 0.5) is 5.69 Å². The van der Waals surface area contributed by atoms with Gasteiger partial charge in [-0.2, -0.15) is 4.31 Å². The van der Waals surface area contributed by atoms with Gasteiger partial charge in [-0.05, 0) is 44.0 Å². The molecule has 4 rings (SSSR count). The first-order chi connectivity index (χ1) is 14.3. The van der Waals surface area contributed by atoms with Crippen LogP contribution >= 0.6 is 0 Å². The number of ether oxygens (including phenoxy) is 1. The molecular formula is C23H28N2O4S. The molecule has 0 unspecified atom stereocenters. The van der Waals surface area contributed by atoms with E-state index in [0.717, 1.165) is 16.8 Å². The van der Waals surface area contributed by atoms with Gasteiger partial charge in [0.15, 0.2) is 0 Å². The maximum atomic E-state index is 13.4. The quantitative estimate of drug-likeness (QED) is 0.685. The number of carbonyl (C=O) groups excluding carboxylic acids is 1. The lowest BCUT2D eigenvalue weighted by Gasteiger charge is -2.29. The van der Waals surface area contributed by atoms with Crippen LogP contribution in [0.15, 0.2) is 53.4 Å². The fraction of sp³-hybridized carbons (Fsp3) is 0.435. The normalized spacial score (nSPS) is 25.3. The first kappa shape index (κ1) is 20.9. The molecule has 0 spiro atoms. The summed E-state index contributed by atoms with van der Waals surface area (Å²) in [6, 6.07) is 14.5. The molecule has 0 aromatic heterocycles. The van der Waals surface area contributed by atoms with Crippen molar-refractivity contribution in [1.82, 2.24) is 4.31 Å². The van der Waals surface area contributed by atoms with Crippen molar-refractivity contribution in [3.8, 4) is 0 Å². The highest BCUT2D eigenvalue weighted by atomic mass is 32.2. The SMILES string of the molecule is CCOC(=O)[C@H]1C[C@@H](N(C)S(=O)(=O)c2ccc(C)cc2)[C@@H]2c3ccccc3N(C)[C@@H]21. The lowest BCUT2D eigenvalue weighted by Crippen LogP contribution is -2.41. The Morgan fingerprint density at radius 1 is 1.17 bits per heavy atom. The van der Waals surface area contributed by atoms with Gasteiger partial charge in [-0.3, -0.25) is 4.79 Å². The van der Waals surface area contributed by atoms with Gasteiger partial charge in [0.1, 0.15) is 0 Å². The maximum absolute atomic E-state index is 13.4. The number of benzene rings is 2. The van der Waals surface area contributed by atoms with E-state index < -0.39 is 10.0 Å². The summed E-state index contributed by atoms with van der Waals surface area (Å²) < 4.78 is 33.6. The molecule has 30 heavy (non-hydrogen) atoms. The van der Waals surface area contributed by atoms with Crippen molar-refractivity contribution < 1.29 is 17.9 Å². The van der Waals surface area contributed by atoms with Crippen molar-refractivity contribution in [2.24, 2.45) is 5.92 Å². The van der Waals surface area contributed by atoms with Crippen LogP contribution in [0.2, 0.25) is 0 Å². The summed E-state index contributed by atoms with van der Waals surface area (Å²) in [4.78, 5) is 15.2. The maximum Gasteiger partial charge on any atom is 0.311 e. The molecule has 1 fully saturated rings. The number of hydrogen-bond acceptors (Lipinski definition) is 5. The minimum absolute atomic E-state index is 0.0918. The number of fused-ring (bicyclic) bond motifs is 3. The number of likely N-dealkylation sites (N-methyl/N-ethyl adjacent to an activating group) is 2. The molecule has 160 valence electrons. The van der Waals surface area contributed by atoms with Gasteiger partial charge < -0.3 is 9.64 Å². The fourth-order valence-corrected chi connectivity index (χ4v) is 6.48. The first-order valence-electron chi connectivity index (χ1n) is 10.3. The molecular weight excluding hydrogens is 400 g/mol. The van der Waals surface area contributed by atoms with Gasteiger partial charge in [-0.1, -0.05) is 35.9 Å². The zero-order chi connectivity index (χ0) is 21.6. The second kappa shape index (κ2) is 7.71. The number of esters is 1. The molecule has 1 heterocycles. The van der Waals surface area contributed by atoms with E-state index >= 15 is 0 Å². The van der Waals surface area contributed by atoms with Crippen LogP contribution in [-0.4, -0.2) is 51.5 Å². The van der Waals surface area contributed by atoms with Crippen molar-refractivity contribution in [1.29, 1.82) is 0 Å². The molecule has 1 aliphatic carbocycles. The number of sulfonamides is 1. The van der Waals surface area contributed by atoms with Crippen molar-refractivity contribution in [2.45, 2.75) is 43.2 Å². The van der Waals surface area contributed by atoms with E-state index in [4.69, 9.17) is 4.74 Å². The van der Waals surface area contributed by atoms with E-state index in [2.05, 4.69) is 4.90 Å². The molecule has 1 saturated carbocycles. The summed E-state index contributed by atoms with van der Waals surface area (Å²) in [7, 11) is -0.0875. The van der Waals surface area contributed by atoms with Gasteiger partial charge in [-0.25, -0.2) is 8.42 Å². The number of anilines is 1. The van der Waals surface area contributed by atoms with Crippen LogP contribution in [0.25, 0.3) is 0 Å². The molecule has 1 aliphatic heterocycles. The lowest BCUT2D eigenvalue weighted by atomic mass is 9.93. The Labute approximate surface area is 178 Å². The molecule has 4 atom stereocenters. The van der Waals surface area contributed by atoms with Crippen molar-refractivity contribution in [2.75, 3.05) is 25.6 Å². The average Bonchev–Trinajstić information content (AvgIpc) is 3.25. The van der Waals surface area contributed by atoms with Gasteiger partial charge in [0.05, 0.1) is 23.5 Å². The second-order valence-corrected chi connectivity index (χ2v) is 10.2. The van der Waals surface area contributed by atoms with E-state index in [1.54, 1.807) is 38.2 Å². The third-order valence-electron chi connectivity index (χ3n) is 6.57. The van der Waals surface area contributed by atoms with Gasteiger partial charge in [0.25, 0.3) is 0 Å². The third-order valence-corrected chi connectivity index (χ3v) is 8.46. The van der Waals surface area contributed by atoms with Crippen LogP contribution in [0.1, 0.15) is 30.4 Å². The van der Waals surface area contributed by atoms with Crippen LogP contribution in [0, 0.1) is 12.8 Å². The number of hydrogen-bond donors (Lipinski definition) is 0. The second-order valence-electron chi connectivity index (χ2n) is 8.18. The van der Waals surface area contributed by atoms with Gasteiger partial charge in [-0.15, -0.1) is 0 Å². The Morgan fingerprint density at radius 3 is 2.50 bits per heavy atom. The van der Waals surface area contributed by atoms with Crippen LogP contribution < -0.4 is 4.90 Å². The van der Waals surface area contributed by atoms with Crippen LogP contribution in [0.5, 0.6) is 0 Å². The molecule has 0 N–H and O–H groups in total. The zero-order valence-corrected chi connectivity index (χ0v) is 18.6. The highest BCUT2D eigenvalue weighted by Gasteiger charge is 2.56. The molecule has 7 heteroatoms. The minimum Gasteiger partial charge on any atom is -0.466 e. The molecule has 2 aromatic carbocycles. The summed E-state index contributed by atoms with van der Waals surface area (Å²) in [6.07, 6.45) is 0.439. The van der Waals surface area contributed by atoms with Crippen molar-refractivity contribution >= 4 is 21.7 Å². The predicted octanol–water partition coefficient (Wildman–Crippen LogP) is 3.17. The molecule has 2 aliphatic rings. The third kappa shape index (κ3) is 3.20. The average molecular weight is 429 g/mol. The summed E-state index contributed by atoms with van der Waals surface area (Å²) >= 11 is 0. The van der Waals surface area contributed by atoms with E-state index in [1.165, 1.54) is 4.31 Å². The Morgan fingerprint density at radius 2 is 1.83 bits per heavy atom. The topological polar surface area (TPSA) is 66.9 Å². The Balaban J connectivity index is 1.75. The summed E-state index contributed by atoms with van der Waals surface area (Å²) in [5.74, 6) is -0.727. The predicted molar refractivity (Wildman–Crippen MR) is 116 cm³/mol. The van der Waals surface area contributed by atoms with Crippen molar-refractivity contribution in [3.63, 3.8) is 0 Å². The number of carbonyl (C=O) groups is 1. The van der Waals surface area contributed by atoms with Gasteiger partial charge >= 0.3 is 5.97 Å². The Hall–Kier alpha value is -2.38. The summed E-state index contributed by atoms with van der Waals surface area (Å²) in [5, 5.41) is 0. The molecule has 6 nitrogen and oxygen atoms in total. The van der Waals surface area contributed by atoms with Crippen LogP contribution in [0.3, 0.4) is 0 Å². The van der Waals surface area contributed by atoms with E-state index in [0.29, 0.717) is 13.0 Å². The van der Waals surface area contributed by atoms with E-state index in [-0.39, 0.29) is 34.8 Å². The smallest absolute Gasteiger partial charge is 0.311 e. The molecule has 0 saturated heterocycles. The number of para-hydroxylation sites is 1. The Bertz CT molecular complexity index is 1050. The molecule has 0 bridgehead atoms. The van der Waals surface area contributed by atoms with E-state index in [9.17, 15) is 13.2 Å². The monoisotopic (exact) mass is 428 g/mol. The summed E-state index contributed by atoms with van der Waals surface area (Å²) in [5.41, 5.74) is 3.15. The van der Waals surface area contributed by atoms with Crippen molar-refractivity contribution in [3.05, 3.63) is 59.7 Å². The number of rotatable bonds is 5. The number of aryl methyl sites for hydroxylation is 1. The minimum atomic E-state index is -3.70. The van der Waals surface area contributed by atoms with Crippen LogP contribution in [-0.2, 0) is 19.6 Å². The van der Waals surface area contributed by atoms with Gasteiger partial charge in [0, 0.05) is 31.7 Å². The Kier molecular flexibility index (Phi) is 5.36. The molecule has 0 radical (unpaired) electrons. The first-order valence-corrected chi connectivity index (χ1v) is 11.7. The largest absolute Gasteiger partial charge is 0.466 e. The highest BCUT2D eigenvalue weighted by Crippen LogP contribution is 2.53. The standard InChI is InChI=1S/C23H28N2O4S/c1-5-29-23(26)18-14-20(21-17-8-6-7-9-19(17)24(3)22(18)21)25(4)30(27,28)16-12-10-15(2)11-13-16/h6-13,18,20-22H,5,14H2,1-4H3/t18-,20+,21-,22+/m0/s1. The molecule has 0 amide bonds. The molecule has 2 aromatic rings. The lowest BCUT2D eigenvalue weighted by molar-refractivity contribution is -0.148. The fourth-order valence-electron chi connectivity index (χ4n) is 5.09. The van der Waals surface area contributed by atoms with E-state index in [1.807, 2.05) is 38.2 Å².